The molecule has 0 unspecified atom stereocenters. The van der Waals surface area contributed by atoms with Crippen molar-refractivity contribution >= 4 is 11.9 Å². The molecule has 0 fully saturated rings. The molecular formula is C10H17NO4. The Morgan fingerprint density at radius 1 is 1.60 bits per heavy atom. The van der Waals surface area contributed by atoms with E-state index in [4.69, 9.17) is 9.94 Å². The Balaban J connectivity index is 4.57. The van der Waals surface area contributed by atoms with Crippen LogP contribution in [0.15, 0.2) is 6.08 Å². The Bertz CT molecular complexity index is 263. The number of hydrogen-bond donors (Lipinski definition) is 1. The minimum Gasteiger partial charge on any atom is -0.480 e. The number of aliphatic carboxylic acids is 1. The Labute approximate surface area is 89.3 Å². The van der Waals surface area contributed by atoms with E-state index in [0.717, 1.165) is 0 Å². The van der Waals surface area contributed by atoms with Crippen molar-refractivity contribution in [2.24, 2.45) is 0 Å². The van der Waals surface area contributed by atoms with Crippen molar-refractivity contribution in [3.8, 4) is 0 Å². The monoisotopic (exact) mass is 215 g/mol. The summed E-state index contributed by atoms with van der Waals surface area (Å²) in [5, 5.41) is 10.1. The molecule has 0 spiro atoms. The van der Waals surface area contributed by atoms with Gasteiger partial charge in [-0.2, -0.15) is 5.06 Å². The minimum absolute atomic E-state index is 0.105. The third-order valence-electron chi connectivity index (χ3n) is 1.54. The molecule has 0 saturated heterocycles. The van der Waals surface area contributed by atoms with Crippen molar-refractivity contribution in [1.82, 2.24) is 5.06 Å². The predicted octanol–water partition coefficient (Wildman–Crippen LogP) is 0.879. The van der Waals surface area contributed by atoms with E-state index < -0.39 is 17.6 Å². The van der Waals surface area contributed by atoms with E-state index in [0.29, 0.717) is 0 Å². The summed E-state index contributed by atoms with van der Waals surface area (Å²) in [5.41, 5.74) is -0.500. The van der Waals surface area contributed by atoms with Crippen LogP contribution in [0, 0.1) is 0 Å². The van der Waals surface area contributed by atoms with Crippen molar-refractivity contribution in [3.63, 3.8) is 0 Å². The smallest absolute Gasteiger partial charge is 0.323 e. The summed E-state index contributed by atoms with van der Waals surface area (Å²) in [4.78, 5) is 26.2. The average Bonchev–Trinajstić information content (AvgIpc) is 2.09. The van der Waals surface area contributed by atoms with E-state index >= 15 is 0 Å². The van der Waals surface area contributed by atoms with E-state index in [1.54, 1.807) is 26.7 Å². The van der Waals surface area contributed by atoms with E-state index in [2.05, 4.69) is 0 Å². The molecule has 1 N–H and O–H groups in total. The first-order chi connectivity index (χ1) is 6.78. The molecular weight excluding hydrogens is 198 g/mol. The Hall–Kier alpha value is -1.16. The van der Waals surface area contributed by atoms with Crippen molar-refractivity contribution in [3.05, 3.63) is 6.08 Å². The van der Waals surface area contributed by atoms with Crippen molar-refractivity contribution in [2.45, 2.75) is 39.3 Å². The highest BCUT2D eigenvalue weighted by atomic mass is 16.7. The fourth-order valence-electron chi connectivity index (χ4n) is 0.877. The van der Waals surface area contributed by atoms with Crippen LogP contribution in [0.5, 0.6) is 0 Å². The molecule has 0 bridgehead atoms. The number of carbonyl (C=O) groups excluding carboxylic acids is 1. The number of hydroxylamine groups is 2. The van der Waals surface area contributed by atoms with Gasteiger partial charge in [0.25, 0.3) is 0 Å². The first-order valence-corrected chi connectivity index (χ1v) is 4.66. The van der Waals surface area contributed by atoms with Gasteiger partial charge in [0.05, 0.1) is 12.1 Å². The Morgan fingerprint density at radius 2 is 2.13 bits per heavy atom. The summed E-state index contributed by atoms with van der Waals surface area (Å²) in [6.45, 7) is 7.01. The molecule has 86 valence electrons. The lowest BCUT2D eigenvalue weighted by molar-refractivity contribution is -0.242. The summed E-state index contributed by atoms with van der Waals surface area (Å²) in [6.07, 6.45) is 1.19. The van der Waals surface area contributed by atoms with Gasteiger partial charge in [0.2, 0.25) is 0 Å². The standard InChI is InChI=1S/C10H17NO4/c1-8(9(13)14)11(6-5-7-12)15-10(2,3)4/h5,8H,6H2,1-4H3,(H,13,14)/t8-/m0/s1. The van der Waals surface area contributed by atoms with Crippen molar-refractivity contribution < 1.29 is 19.5 Å². The third-order valence-corrected chi connectivity index (χ3v) is 1.54. The van der Waals surface area contributed by atoms with Gasteiger partial charge >= 0.3 is 5.97 Å². The van der Waals surface area contributed by atoms with Crippen LogP contribution < -0.4 is 0 Å². The number of carbonyl (C=O) groups is 1. The zero-order valence-corrected chi connectivity index (χ0v) is 9.48. The average molecular weight is 215 g/mol. The van der Waals surface area contributed by atoms with Crippen LogP contribution >= 0.6 is 0 Å². The minimum atomic E-state index is -1.00. The van der Waals surface area contributed by atoms with Gasteiger partial charge in [0.15, 0.2) is 0 Å². The van der Waals surface area contributed by atoms with Crippen molar-refractivity contribution in [2.75, 3.05) is 6.54 Å². The summed E-state index contributed by atoms with van der Waals surface area (Å²) < 4.78 is 0. The molecule has 1 atom stereocenters. The van der Waals surface area contributed by atoms with Gasteiger partial charge in [0, 0.05) is 6.08 Å². The fraction of sp³-hybridized carbons (Fsp3) is 0.700. The summed E-state index contributed by atoms with van der Waals surface area (Å²) in [5.74, 6) is 0.587. The van der Waals surface area contributed by atoms with Gasteiger partial charge in [0.1, 0.15) is 12.0 Å². The molecule has 0 aromatic rings. The van der Waals surface area contributed by atoms with Gasteiger partial charge in [-0.25, -0.2) is 4.79 Å². The molecule has 0 radical (unpaired) electrons. The van der Waals surface area contributed by atoms with Crippen LogP contribution in [0.4, 0.5) is 0 Å². The summed E-state index contributed by atoms with van der Waals surface area (Å²) in [7, 11) is 0. The SMILES string of the molecule is C[C@@H](C(=O)O)N(CC=C=O)OC(C)(C)C. The molecule has 0 aromatic carbocycles. The maximum atomic E-state index is 10.8. The van der Waals surface area contributed by atoms with Crippen LogP contribution in [0.25, 0.3) is 0 Å². The second-order valence-corrected chi connectivity index (χ2v) is 4.14. The normalized spacial score (nSPS) is 13.4. The maximum Gasteiger partial charge on any atom is 0.323 e. The lowest BCUT2D eigenvalue weighted by atomic mass is 10.2. The second kappa shape index (κ2) is 5.66. The fourth-order valence-corrected chi connectivity index (χ4v) is 0.877. The summed E-state index contributed by atoms with van der Waals surface area (Å²) in [6, 6.07) is -0.811. The highest BCUT2D eigenvalue weighted by Crippen LogP contribution is 2.13. The molecule has 0 aliphatic rings. The highest BCUT2D eigenvalue weighted by molar-refractivity contribution is 5.72. The lowest BCUT2D eigenvalue weighted by Crippen LogP contribution is -2.43. The molecule has 5 heteroatoms. The zero-order chi connectivity index (χ0) is 12.1. The molecule has 0 saturated carbocycles. The van der Waals surface area contributed by atoms with Gasteiger partial charge in [-0.3, -0.25) is 9.63 Å². The van der Waals surface area contributed by atoms with E-state index in [1.165, 1.54) is 18.1 Å². The largest absolute Gasteiger partial charge is 0.480 e. The lowest BCUT2D eigenvalue weighted by Gasteiger charge is -2.31. The number of rotatable bonds is 5. The van der Waals surface area contributed by atoms with Gasteiger partial charge in [-0.05, 0) is 27.7 Å². The molecule has 0 amide bonds. The topological polar surface area (TPSA) is 66.8 Å². The first-order valence-electron chi connectivity index (χ1n) is 4.66. The number of carboxylic acid groups (broad SMARTS) is 1. The predicted molar refractivity (Wildman–Crippen MR) is 54.9 cm³/mol. The van der Waals surface area contributed by atoms with Crippen LogP contribution in [-0.4, -0.2) is 40.3 Å². The zero-order valence-electron chi connectivity index (χ0n) is 9.48. The number of carboxylic acids is 1. The third kappa shape index (κ3) is 6.01. The van der Waals surface area contributed by atoms with Gasteiger partial charge < -0.3 is 5.11 Å². The van der Waals surface area contributed by atoms with Crippen LogP contribution in [0.1, 0.15) is 27.7 Å². The van der Waals surface area contributed by atoms with E-state index in [1.807, 2.05) is 0 Å². The van der Waals surface area contributed by atoms with Crippen LogP contribution in [0.2, 0.25) is 0 Å². The number of hydrogen-bond acceptors (Lipinski definition) is 4. The van der Waals surface area contributed by atoms with Crippen molar-refractivity contribution in [1.29, 1.82) is 0 Å². The molecule has 0 aliphatic heterocycles. The molecule has 0 rings (SSSR count). The molecule has 0 aliphatic carbocycles. The number of nitrogens with zero attached hydrogens (tertiary/aromatic N) is 1. The summed E-state index contributed by atoms with van der Waals surface area (Å²) >= 11 is 0. The van der Waals surface area contributed by atoms with Gasteiger partial charge in [-0.1, -0.05) is 0 Å². The molecule has 15 heavy (non-hydrogen) atoms. The highest BCUT2D eigenvalue weighted by Gasteiger charge is 2.25. The maximum absolute atomic E-state index is 10.8. The van der Waals surface area contributed by atoms with Gasteiger partial charge in [-0.15, -0.1) is 0 Å². The Morgan fingerprint density at radius 3 is 2.47 bits per heavy atom. The van der Waals surface area contributed by atoms with E-state index in [-0.39, 0.29) is 6.54 Å². The quantitative estimate of drug-likeness (QED) is 0.544. The molecule has 0 aromatic heterocycles. The Kier molecular flexibility index (Phi) is 5.22. The second-order valence-electron chi connectivity index (χ2n) is 4.14. The van der Waals surface area contributed by atoms with E-state index in [9.17, 15) is 9.59 Å². The molecule has 0 heterocycles. The molecule has 5 nitrogen and oxygen atoms in total. The van der Waals surface area contributed by atoms with Crippen LogP contribution in [0.3, 0.4) is 0 Å². The first kappa shape index (κ1) is 13.8. The van der Waals surface area contributed by atoms with Crippen LogP contribution in [-0.2, 0) is 14.4 Å².